The maximum atomic E-state index is 5.58. The maximum absolute atomic E-state index is 5.58. The summed E-state index contributed by atoms with van der Waals surface area (Å²) < 4.78 is 10.6. The van der Waals surface area contributed by atoms with Crippen LogP contribution in [-0.2, 0) is 11.3 Å². The third kappa shape index (κ3) is 2.05. The zero-order valence-electron chi connectivity index (χ0n) is 10.0. The second-order valence-electron chi connectivity index (χ2n) is 4.24. The number of thiazole rings is 1. The first kappa shape index (κ1) is 11.8. The fraction of sp³-hybridized carbons (Fsp3) is 0.545. The summed E-state index contributed by atoms with van der Waals surface area (Å²) in [6.07, 6.45) is 0.953. The van der Waals surface area contributed by atoms with Crippen LogP contribution in [0.15, 0.2) is 4.52 Å². The SMILES string of the molecule is Cc1nc(CN)sc1-c1nc(C2CCOC2)no1. The highest BCUT2D eigenvalue weighted by molar-refractivity contribution is 7.15. The van der Waals surface area contributed by atoms with E-state index < -0.39 is 0 Å². The Labute approximate surface area is 108 Å². The van der Waals surface area contributed by atoms with Crippen molar-refractivity contribution in [3.05, 3.63) is 16.5 Å². The van der Waals surface area contributed by atoms with E-state index in [-0.39, 0.29) is 5.92 Å². The monoisotopic (exact) mass is 266 g/mol. The van der Waals surface area contributed by atoms with Crippen LogP contribution in [0.4, 0.5) is 0 Å². The molecule has 0 bridgehead atoms. The Morgan fingerprint density at radius 1 is 1.44 bits per heavy atom. The molecule has 0 saturated carbocycles. The van der Waals surface area contributed by atoms with Gasteiger partial charge in [0.1, 0.15) is 9.88 Å². The first-order chi connectivity index (χ1) is 8.78. The molecule has 0 aromatic carbocycles. The van der Waals surface area contributed by atoms with Gasteiger partial charge in [0, 0.05) is 19.1 Å². The lowest BCUT2D eigenvalue weighted by Crippen LogP contribution is -1.99. The van der Waals surface area contributed by atoms with Gasteiger partial charge in [-0.15, -0.1) is 11.3 Å². The molecular weight excluding hydrogens is 252 g/mol. The van der Waals surface area contributed by atoms with E-state index in [9.17, 15) is 0 Å². The lowest BCUT2D eigenvalue weighted by Gasteiger charge is -1.97. The highest BCUT2D eigenvalue weighted by atomic mass is 32.1. The molecule has 0 radical (unpaired) electrons. The number of rotatable bonds is 3. The Balaban J connectivity index is 1.89. The fourth-order valence-corrected chi connectivity index (χ4v) is 2.83. The Kier molecular flexibility index (Phi) is 3.11. The summed E-state index contributed by atoms with van der Waals surface area (Å²) in [5.41, 5.74) is 6.47. The second kappa shape index (κ2) is 4.75. The molecule has 96 valence electrons. The van der Waals surface area contributed by atoms with Crippen molar-refractivity contribution in [2.45, 2.75) is 25.8 Å². The zero-order chi connectivity index (χ0) is 12.5. The number of nitrogens with zero attached hydrogens (tertiary/aromatic N) is 3. The maximum Gasteiger partial charge on any atom is 0.269 e. The quantitative estimate of drug-likeness (QED) is 0.905. The molecule has 1 aliphatic rings. The molecule has 6 nitrogen and oxygen atoms in total. The van der Waals surface area contributed by atoms with Crippen molar-refractivity contribution in [1.82, 2.24) is 15.1 Å². The summed E-state index contributed by atoms with van der Waals surface area (Å²) in [6.45, 7) is 3.80. The molecule has 0 spiro atoms. The molecule has 2 N–H and O–H groups in total. The summed E-state index contributed by atoms with van der Waals surface area (Å²) >= 11 is 1.50. The van der Waals surface area contributed by atoms with Crippen LogP contribution < -0.4 is 5.73 Å². The number of hydrogen-bond acceptors (Lipinski definition) is 7. The van der Waals surface area contributed by atoms with Crippen LogP contribution in [0.25, 0.3) is 10.8 Å². The standard InChI is InChI=1S/C11H14N4O2S/c1-6-9(18-8(4-12)13-6)11-14-10(15-17-11)7-2-3-16-5-7/h7H,2-5,12H2,1H3. The number of hydrogen-bond donors (Lipinski definition) is 1. The van der Waals surface area contributed by atoms with E-state index in [0.29, 0.717) is 19.0 Å². The highest BCUT2D eigenvalue weighted by Crippen LogP contribution is 2.30. The number of aryl methyl sites for hydroxylation is 1. The zero-order valence-corrected chi connectivity index (χ0v) is 10.9. The molecule has 0 amide bonds. The van der Waals surface area contributed by atoms with Crippen LogP contribution in [0.3, 0.4) is 0 Å². The minimum atomic E-state index is 0.254. The molecule has 0 aliphatic carbocycles. The second-order valence-corrected chi connectivity index (χ2v) is 5.33. The molecule has 1 saturated heterocycles. The van der Waals surface area contributed by atoms with Gasteiger partial charge in [0.05, 0.1) is 12.3 Å². The normalized spacial score (nSPS) is 19.6. The van der Waals surface area contributed by atoms with Gasteiger partial charge in [0.25, 0.3) is 5.89 Å². The predicted molar refractivity (Wildman–Crippen MR) is 66.2 cm³/mol. The van der Waals surface area contributed by atoms with Crippen molar-refractivity contribution >= 4 is 11.3 Å². The van der Waals surface area contributed by atoms with Crippen molar-refractivity contribution in [2.75, 3.05) is 13.2 Å². The first-order valence-electron chi connectivity index (χ1n) is 5.86. The van der Waals surface area contributed by atoms with E-state index in [1.807, 2.05) is 6.92 Å². The van der Waals surface area contributed by atoms with Gasteiger partial charge in [0.15, 0.2) is 5.82 Å². The Morgan fingerprint density at radius 3 is 3.00 bits per heavy atom. The lowest BCUT2D eigenvalue weighted by atomic mass is 10.1. The molecule has 3 heterocycles. The number of aromatic nitrogens is 3. The topological polar surface area (TPSA) is 87.1 Å². The highest BCUT2D eigenvalue weighted by Gasteiger charge is 2.24. The fourth-order valence-electron chi connectivity index (χ4n) is 1.97. The van der Waals surface area contributed by atoms with Crippen molar-refractivity contribution < 1.29 is 9.26 Å². The van der Waals surface area contributed by atoms with Gasteiger partial charge in [-0.2, -0.15) is 4.98 Å². The molecule has 1 atom stereocenters. The molecule has 3 rings (SSSR count). The summed E-state index contributed by atoms with van der Waals surface area (Å²) in [5.74, 6) is 1.51. The third-order valence-corrected chi connectivity index (χ3v) is 4.11. The van der Waals surface area contributed by atoms with Gasteiger partial charge in [-0.25, -0.2) is 4.98 Å². The van der Waals surface area contributed by atoms with Gasteiger partial charge in [-0.3, -0.25) is 0 Å². The summed E-state index contributed by atoms with van der Waals surface area (Å²) in [6, 6.07) is 0. The molecular formula is C11H14N4O2S. The van der Waals surface area contributed by atoms with E-state index >= 15 is 0 Å². The number of ether oxygens (including phenoxy) is 1. The van der Waals surface area contributed by atoms with E-state index in [1.165, 1.54) is 11.3 Å². The minimum Gasteiger partial charge on any atom is -0.381 e. The molecule has 2 aromatic rings. The van der Waals surface area contributed by atoms with Crippen LogP contribution in [0.2, 0.25) is 0 Å². The Bertz CT molecular complexity index is 545. The molecule has 18 heavy (non-hydrogen) atoms. The van der Waals surface area contributed by atoms with E-state index in [1.54, 1.807) is 0 Å². The third-order valence-electron chi connectivity index (χ3n) is 2.95. The molecule has 1 fully saturated rings. The molecule has 7 heteroatoms. The van der Waals surface area contributed by atoms with Crippen LogP contribution in [0.5, 0.6) is 0 Å². The van der Waals surface area contributed by atoms with E-state index in [0.717, 1.165) is 34.4 Å². The van der Waals surface area contributed by atoms with Crippen LogP contribution in [0.1, 0.15) is 28.9 Å². The molecule has 1 unspecified atom stereocenters. The van der Waals surface area contributed by atoms with Gasteiger partial charge in [0.2, 0.25) is 0 Å². The average molecular weight is 266 g/mol. The Hall–Kier alpha value is -1.31. The lowest BCUT2D eigenvalue weighted by molar-refractivity contribution is 0.192. The van der Waals surface area contributed by atoms with Crippen molar-refractivity contribution in [3.63, 3.8) is 0 Å². The van der Waals surface area contributed by atoms with Crippen LogP contribution >= 0.6 is 11.3 Å². The number of nitrogens with two attached hydrogens (primary N) is 1. The Morgan fingerprint density at radius 2 is 2.33 bits per heavy atom. The first-order valence-corrected chi connectivity index (χ1v) is 6.67. The largest absolute Gasteiger partial charge is 0.381 e. The van der Waals surface area contributed by atoms with Crippen molar-refractivity contribution in [1.29, 1.82) is 0 Å². The van der Waals surface area contributed by atoms with Crippen molar-refractivity contribution in [3.8, 4) is 10.8 Å². The van der Waals surface area contributed by atoms with E-state index in [4.69, 9.17) is 15.0 Å². The average Bonchev–Trinajstić information content (AvgIpc) is 3.08. The predicted octanol–water partition coefficient (Wildman–Crippen LogP) is 1.46. The van der Waals surface area contributed by atoms with Gasteiger partial charge < -0.3 is 15.0 Å². The molecule has 2 aromatic heterocycles. The summed E-state index contributed by atoms with van der Waals surface area (Å²) in [4.78, 5) is 9.71. The van der Waals surface area contributed by atoms with Gasteiger partial charge >= 0.3 is 0 Å². The van der Waals surface area contributed by atoms with Crippen LogP contribution in [0, 0.1) is 6.92 Å². The molecule has 1 aliphatic heterocycles. The van der Waals surface area contributed by atoms with E-state index in [2.05, 4.69) is 15.1 Å². The van der Waals surface area contributed by atoms with Crippen LogP contribution in [-0.4, -0.2) is 28.3 Å². The summed E-state index contributed by atoms with van der Waals surface area (Å²) in [5, 5.41) is 4.91. The van der Waals surface area contributed by atoms with Gasteiger partial charge in [-0.1, -0.05) is 5.16 Å². The van der Waals surface area contributed by atoms with Gasteiger partial charge in [-0.05, 0) is 13.3 Å². The smallest absolute Gasteiger partial charge is 0.269 e. The van der Waals surface area contributed by atoms with Crippen molar-refractivity contribution in [2.24, 2.45) is 5.73 Å². The summed E-state index contributed by atoms with van der Waals surface area (Å²) in [7, 11) is 0. The minimum absolute atomic E-state index is 0.254.